The van der Waals surface area contributed by atoms with Crippen LogP contribution in [-0.4, -0.2) is 22.1 Å². The number of hydrogen-bond acceptors (Lipinski definition) is 5. The van der Waals surface area contributed by atoms with Gasteiger partial charge in [0.05, 0.1) is 7.11 Å². The lowest BCUT2D eigenvalue weighted by Gasteiger charge is -2.09. The lowest BCUT2D eigenvalue weighted by atomic mass is 10.1. The Bertz CT molecular complexity index is 572. The maximum absolute atomic E-state index is 5.70. The fourth-order valence-corrected chi connectivity index (χ4v) is 1.94. The molecule has 0 saturated carbocycles. The average Bonchev–Trinajstić information content (AvgIpc) is 2.36. The average molecular weight is 299 g/mol. The van der Waals surface area contributed by atoms with Crippen molar-refractivity contribution in [2.24, 2.45) is 0 Å². The predicted molar refractivity (Wildman–Crippen MR) is 74.9 cm³/mol. The number of halogens is 2. The van der Waals surface area contributed by atoms with Crippen LogP contribution in [-0.2, 0) is 6.54 Å². The number of nitrogens with zero attached hydrogens (tertiary/aromatic N) is 3. The predicted octanol–water partition coefficient (Wildman–Crippen LogP) is 3.11. The van der Waals surface area contributed by atoms with Gasteiger partial charge in [-0.3, -0.25) is 0 Å². The van der Waals surface area contributed by atoms with Crippen LogP contribution in [0.1, 0.15) is 11.1 Å². The summed E-state index contributed by atoms with van der Waals surface area (Å²) in [6.07, 6.45) is 0. The normalized spacial score (nSPS) is 10.3. The van der Waals surface area contributed by atoms with E-state index < -0.39 is 0 Å². The molecule has 5 nitrogen and oxygen atoms in total. The maximum Gasteiger partial charge on any atom is 0.228 e. The summed E-state index contributed by atoms with van der Waals surface area (Å²) in [5.41, 5.74) is 2.21. The highest BCUT2D eigenvalue weighted by Crippen LogP contribution is 2.18. The fourth-order valence-electron chi connectivity index (χ4n) is 1.57. The molecule has 0 atom stereocenters. The summed E-state index contributed by atoms with van der Waals surface area (Å²) in [5, 5.41) is 3.18. The topological polar surface area (TPSA) is 59.9 Å². The Labute approximate surface area is 121 Å². The van der Waals surface area contributed by atoms with Gasteiger partial charge in [0.2, 0.25) is 16.5 Å². The van der Waals surface area contributed by atoms with Gasteiger partial charge in [-0.05, 0) is 53.4 Å². The monoisotopic (exact) mass is 298 g/mol. The Morgan fingerprint density at radius 2 is 1.84 bits per heavy atom. The van der Waals surface area contributed by atoms with E-state index in [1.165, 1.54) is 0 Å². The molecule has 0 unspecified atom stereocenters. The zero-order chi connectivity index (χ0) is 13.8. The van der Waals surface area contributed by atoms with Crippen molar-refractivity contribution in [2.45, 2.75) is 13.5 Å². The summed E-state index contributed by atoms with van der Waals surface area (Å²) < 4.78 is 5.16. The minimum atomic E-state index is 0.0638. The van der Waals surface area contributed by atoms with Gasteiger partial charge in [-0.1, -0.05) is 6.07 Å². The van der Waals surface area contributed by atoms with E-state index in [0.717, 1.165) is 16.9 Å². The quantitative estimate of drug-likeness (QED) is 0.940. The molecule has 0 aliphatic carbocycles. The molecule has 0 aliphatic heterocycles. The van der Waals surface area contributed by atoms with E-state index in [1.807, 2.05) is 25.1 Å². The highest BCUT2D eigenvalue weighted by Gasteiger charge is 2.04. The second kappa shape index (κ2) is 6.04. The lowest BCUT2D eigenvalue weighted by Crippen LogP contribution is -2.06. The molecule has 0 saturated heterocycles. The molecule has 1 N–H and O–H groups in total. The molecule has 2 aromatic rings. The van der Waals surface area contributed by atoms with Gasteiger partial charge in [0.1, 0.15) is 5.75 Å². The summed E-state index contributed by atoms with van der Waals surface area (Å²) in [5.74, 6) is 1.17. The number of hydrogen-bond donors (Lipinski definition) is 1. The van der Waals surface area contributed by atoms with Gasteiger partial charge in [0.15, 0.2) is 0 Å². The molecule has 2 rings (SSSR count). The van der Waals surface area contributed by atoms with E-state index in [1.54, 1.807) is 7.11 Å². The molecule has 100 valence electrons. The van der Waals surface area contributed by atoms with Crippen molar-refractivity contribution in [1.82, 2.24) is 15.0 Å². The first-order chi connectivity index (χ1) is 9.08. The third kappa shape index (κ3) is 3.68. The molecule has 7 heteroatoms. The van der Waals surface area contributed by atoms with E-state index in [-0.39, 0.29) is 10.6 Å². The molecule has 1 aromatic heterocycles. The molecule has 0 spiro atoms. The Morgan fingerprint density at radius 1 is 1.16 bits per heavy atom. The first kappa shape index (κ1) is 13.8. The molecule has 0 aliphatic rings. The van der Waals surface area contributed by atoms with Gasteiger partial charge in [0, 0.05) is 6.54 Å². The van der Waals surface area contributed by atoms with E-state index >= 15 is 0 Å². The number of anilines is 1. The summed E-state index contributed by atoms with van der Waals surface area (Å²) >= 11 is 11.4. The van der Waals surface area contributed by atoms with Crippen LogP contribution < -0.4 is 10.1 Å². The molecule has 0 radical (unpaired) electrons. The van der Waals surface area contributed by atoms with Gasteiger partial charge in [0.25, 0.3) is 0 Å². The van der Waals surface area contributed by atoms with E-state index in [0.29, 0.717) is 12.5 Å². The zero-order valence-corrected chi connectivity index (χ0v) is 12.0. The number of nitrogens with one attached hydrogen (secondary N) is 1. The Balaban J connectivity index is 2.10. The second-order valence-corrected chi connectivity index (χ2v) is 4.52. The van der Waals surface area contributed by atoms with Gasteiger partial charge >= 0.3 is 0 Å². The minimum absolute atomic E-state index is 0.0638. The third-order valence-corrected chi connectivity index (χ3v) is 2.91. The summed E-state index contributed by atoms with van der Waals surface area (Å²) in [6, 6.07) is 5.84. The highest BCUT2D eigenvalue weighted by molar-refractivity contribution is 6.31. The Morgan fingerprint density at radius 3 is 2.42 bits per heavy atom. The van der Waals surface area contributed by atoms with Gasteiger partial charge in [-0.2, -0.15) is 15.0 Å². The standard InChI is InChI=1S/C12H12Cl2N4O/c1-7-5-9(19-2)4-3-8(7)6-15-12-17-10(13)16-11(14)18-12/h3-5H,6H2,1-2H3,(H,15,16,17,18). The molecular formula is C12H12Cl2N4O. The summed E-state index contributed by atoms with van der Waals surface area (Å²) in [4.78, 5) is 11.6. The van der Waals surface area contributed by atoms with Gasteiger partial charge < -0.3 is 10.1 Å². The molecular weight excluding hydrogens is 287 g/mol. The number of rotatable bonds is 4. The molecule has 0 fully saturated rings. The van der Waals surface area contributed by atoms with Crippen LogP contribution in [0.25, 0.3) is 0 Å². The number of methoxy groups -OCH3 is 1. The molecule has 19 heavy (non-hydrogen) atoms. The van der Waals surface area contributed by atoms with Crippen molar-refractivity contribution in [3.8, 4) is 5.75 Å². The first-order valence-electron chi connectivity index (χ1n) is 5.53. The van der Waals surface area contributed by atoms with Crippen LogP contribution in [0.3, 0.4) is 0 Å². The van der Waals surface area contributed by atoms with E-state index in [9.17, 15) is 0 Å². The van der Waals surface area contributed by atoms with Crippen LogP contribution in [0.2, 0.25) is 10.6 Å². The minimum Gasteiger partial charge on any atom is -0.497 e. The van der Waals surface area contributed by atoms with Crippen LogP contribution in [0, 0.1) is 6.92 Å². The number of aromatic nitrogens is 3. The first-order valence-corrected chi connectivity index (χ1v) is 6.28. The van der Waals surface area contributed by atoms with Crippen molar-refractivity contribution in [2.75, 3.05) is 12.4 Å². The van der Waals surface area contributed by atoms with Crippen LogP contribution in [0.4, 0.5) is 5.95 Å². The second-order valence-electron chi connectivity index (χ2n) is 3.84. The fraction of sp³-hybridized carbons (Fsp3) is 0.250. The number of aryl methyl sites for hydroxylation is 1. The van der Waals surface area contributed by atoms with Crippen LogP contribution >= 0.6 is 23.2 Å². The number of ether oxygens (including phenoxy) is 1. The van der Waals surface area contributed by atoms with Gasteiger partial charge in [-0.15, -0.1) is 0 Å². The van der Waals surface area contributed by atoms with Crippen molar-refractivity contribution >= 4 is 29.2 Å². The molecule has 0 bridgehead atoms. The van der Waals surface area contributed by atoms with Crippen molar-refractivity contribution < 1.29 is 4.74 Å². The highest BCUT2D eigenvalue weighted by atomic mass is 35.5. The molecule has 0 amide bonds. The summed E-state index contributed by atoms with van der Waals surface area (Å²) in [6.45, 7) is 2.57. The molecule has 1 aromatic carbocycles. The smallest absolute Gasteiger partial charge is 0.228 e. The Kier molecular flexibility index (Phi) is 4.39. The van der Waals surface area contributed by atoms with Crippen LogP contribution in [0.15, 0.2) is 18.2 Å². The maximum atomic E-state index is 5.70. The summed E-state index contributed by atoms with van der Waals surface area (Å²) in [7, 11) is 1.64. The number of benzene rings is 1. The Hall–Kier alpha value is -1.59. The lowest BCUT2D eigenvalue weighted by molar-refractivity contribution is 0.414. The van der Waals surface area contributed by atoms with E-state index in [2.05, 4.69) is 20.3 Å². The molecule has 1 heterocycles. The van der Waals surface area contributed by atoms with Gasteiger partial charge in [-0.25, -0.2) is 0 Å². The largest absolute Gasteiger partial charge is 0.497 e. The SMILES string of the molecule is COc1ccc(CNc2nc(Cl)nc(Cl)n2)c(C)c1. The van der Waals surface area contributed by atoms with Crippen molar-refractivity contribution in [1.29, 1.82) is 0 Å². The third-order valence-electron chi connectivity index (χ3n) is 2.57. The van der Waals surface area contributed by atoms with E-state index in [4.69, 9.17) is 27.9 Å². The van der Waals surface area contributed by atoms with Crippen molar-refractivity contribution in [3.05, 3.63) is 39.9 Å². The van der Waals surface area contributed by atoms with Crippen molar-refractivity contribution in [3.63, 3.8) is 0 Å². The zero-order valence-electron chi connectivity index (χ0n) is 10.4. The van der Waals surface area contributed by atoms with Crippen LogP contribution in [0.5, 0.6) is 5.75 Å².